The average molecular weight is 275 g/mol. The molecule has 1 aromatic heterocycles. The molecule has 6 nitrogen and oxygen atoms in total. The van der Waals surface area contributed by atoms with E-state index in [-0.39, 0.29) is 17.7 Å². The number of amides is 1. The lowest BCUT2D eigenvalue weighted by atomic mass is 10.0. The van der Waals surface area contributed by atoms with E-state index in [1.165, 1.54) is 6.07 Å². The average Bonchev–Trinajstić information content (AvgIpc) is 2.77. The summed E-state index contributed by atoms with van der Waals surface area (Å²) in [7, 11) is 0. The lowest BCUT2D eigenvalue weighted by Gasteiger charge is -2.20. The van der Waals surface area contributed by atoms with Crippen LogP contribution in [0.2, 0.25) is 0 Å². The van der Waals surface area contributed by atoms with Crippen molar-refractivity contribution >= 4 is 23.4 Å². The van der Waals surface area contributed by atoms with Crippen molar-refractivity contribution in [3.05, 3.63) is 28.0 Å². The summed E-state index contributed by atoms with van der Waals surface area (Å²) >= 11 is 5.65. The van der Waals surface area contributed by atoms with E-state index in [0.29, 0.717) is 12.3 Å². The summed E-state index contributed by atoms with van der Waals surface area (Å²) in [6, 6.07) is 2.35. The van der Waals surface area contributed by atoms with Crippen molar-refractivity contribution in [2.45, 2.75) is 26.3 Å². The molecule has 0 aliphatic heterocycles. The minimum Gasteiger partial charge on any atom is -0.395 e. The minimum atomic E-state index is -0.685. The number of hydrogen-bond donors (Lipinski definition) is 1. The summed E-state index contributed by atoms with van der Waals surface area (Å²) in [5, 5.41) is 13.2. The highest BCUT2D eigenvalue weighted by atomic mass is 35.5. The maximum atomic E-state index is 11.8. The number of nitrogens with one attached hydrogen (secondary N) is 1. The molecule has 0 bridgehead atoms. The Balaban J connectivity index is 2.71. The predicted octanol–water partition coefficient (Wildman–Crippen LogP) is 2.57. The molecule has 0 aliphatic rings. The summed E-state index contributed by atoms with van der Waals surface area (Å²) in [5.41, 5.74) is 0. The summed E-state index contributed by atoms with van der Waals surface area (Å²) < 4.78 is 4.82. The van der Waals surface area contributed by atoms with E-state index in [1.807, 2.05) is 13.8 Å². The van der Waals surface area contributed by atoms with Crippen LogP contribution in [0.3, 0.4) is 0 Å². The predicted molar refractivity (Wildman–Crippen MR) is 66.8 cm³/mol. The Bertz CT molecular complexity index is 430. The molecule has 1 unspecified atom stereocenters. The van der Waals surface area contributed by atoms with Gasteiger partial charge in [-0.15, -0.1) is 11.6 Å². The Morgan fingerprint density at radius 2 is 2.22 bits per heavy atom. The Morgan fingerprint density at radius 3 is 2.67 bits per heavy atom. The van der Waals surface area contributed by atoms with Crippen LogP contribution in [-0.2, 0) is 0 Å². The lowest BCUT2D eigenvalue weighted by Crippen LogP contribution is -2.38. The van der Waals surface area contributed by atoms with Gasteiger partial charge < -0.3 is 9.73 Å². The van der Waals surface area contributed by atoms with Crippen LogP contribution in [0.1, 0.15) is 30.8 Å². The molecule has 1 heterocycles. The van der Waals surface area contributed by atoms with Gasteiger partial charge in [0.15, 0.2) is 5.76 Å². The highest BCUT2D eigenvalue weighted by molar-refractivity contribution is 6.17. The van der Waals surface area contributed by atoms with E-state index in [9.17, 15) is 14.9 Å². The number of carbonyl (C=O) groups is 1. The zero-order valence-electron chi connectivity index (χ0n) is 10.2. The maximum absolute atomic E-state index is 11.8. The fourth-order valence-corrected chi connectivity index (χ4v) is 1.71. The highest BCUT2D eigenvalue weighted by Gasteiger charge is 2.21. The number of rotatable bonds is 6. The number of halogens is 1. The molecule has 1 rings (SSSR count). The van der Waals surface area contributed by atoms with Gasteiger partial charge in [-0.05, 0) is 18.4 Å². The Hall–Kier alpha value is -1.56. The zero-order valence-corrected chi connectivity index (χ0v) is 10.9. The molecule has 18 heavy (non-hydrogen) atoms. The largest absolute Gasteiger partial charge is 0.433 e. The third kappa shape index (κ3) is 3.73. The van der Waals surface area contributed by atoms with Gasteiger partial charge >= 0.3 is 5.88 Å². The first-order valence-corrected chi connectivity index (χ1v) is 6.10. The number of alkyl halides is 1. The molecule has 1 atom stereocenters. The van der Waals surface area contributed by atoms with Crippen molar-refractivity contribution in [1.82, 2.24) is 5.32 Å². The topological polar surface area (TPSA) is 85.4 Å². The molecule has 1 N–H and O–H groups in total. The Kier molecular flexibility index (Phi) is 5.15. The first-order chi connectivity index (χ1) is 8.45. The van der Waals surface area contributed by atoms with Crippen LogP contribution in [-0.4, -0.2) is 22.8 Å². The highest BCUT2D eigenvalue weighted by Crippen LogP contribution is 2.16. The van der Waals surface area contributed by atoms with Crippen molar-refractivity contribution in [2.75, 3.05) is 5.88 Å². The van der Waals surface area contributed by atoms with E-state index < -0.39 is 16.7 Å². The Morgan fingerprint density at radius 1 is 1.56 bits per heavy atom. The SMILES string of the molecule is CC(C)C(CCCl)NC(=O)c1ccc([N+](=O)[O-])o1. The van der Waals surface area contributed by atoms with Crippen LogP contribution in [0.5, 0.6) is 0 Å². The third-order valence-corrected chi connectivity index (χ3v) is 2.76. The van der Waals surface area contributed by atoms with E-state index in [2.05, 4.69) is 5.32 Å². The van der Waals surface area contributed by atoms with E-state index in [4.69, 9.17) is 16.0 Å². The molecule has 0 saturated carbocycles. The van der Waals surface area contributed by atoms with E-state index >= 15 is 0 Å². The molecule has 0 aromatic carbocycles. The fourth-order valence-electron chi connectivity index (χ4n) is 1.48. The summed E-state index contributed by atoms with van der Waals surface area (Å²) in [5.74, 6) is -0.327. The zero-order chi connectivity index (χ0) is 13.7. The van der Waals surface area contributed by atoms with Crippen molar-refractivity contribution in [1.29, 1.82) is 0 Å². The molecule has 1 amide bonds. The molecular weight excluding hydrogens is 260 g/mol. The number of carbonyl (C=O) groups excluding carboxylic acids is 1. The molecule has 100 valence electrons. The Labute approximate surface area is 109 Å². The molecule has 0 spiro atoms. The molecule has 1 aromatic rings. The minimum absolute atomic E-state index is 0.0677. The van der Waals surface area contributed by atoms with Crippen LogP contribution < -0.4 is 5.32 Å². The smallest absolute Gasteiger partial charge is 0.395 e. The summed E-state index contributed by atoms with van der Waals surface area (Å²) in [6.45, 7) is 3.92. The van der Waals surface area contributed by atoms with Gasteiger partial charge in [-0.25, -0.2) is 0 Å². The van der Waals surface area contributed by atoms with Gasteiger partial charge in [0, 0.05) is 11.9 Å². The van der Waals surface area contributed by atoms with Gasteiger partial charge in [-0.1, -0.05) is 13.8 Å². The summed E-state index contributed by atoms with van der Waals surface area (Å²) in [6.07, 6.45) is 0.633. The van der Waals surface area contributed by atoms with E-state index in [1.54, 1.807) is 0 Å². The lowest BCUT2D eigenvalue weighted by molar-refractivity contribution is -0.402. The fraction of sp³-hybridized carbons (Fsp3) is 0.545. The van der Waals surface area contributed by atoms with Gasteiger partial charge in [-0.2, -0.15) is 0 Å². The van der Waals surface area contributed by atoms with Crippen LogP contribution >= 0.6 is 11.6 Å². The normalized spacial score (nSPS) is 12.4. The van der Waals surface area contributed by atoms with Crippen LogP contribution in [0.25, 0.3) is 0 Å². The monoisotopic (exact) mass is 274 g/mol. The molecule has 7 heteroatoms. The van der Waals surface area contributed by atoms with Gasteiger partial charge in [0.05, 0.1) is 6.07 Å². The maximum Gasteiger partial charge on any atom is 0.433 e. The van der Waals surface area contributed by atoms with Crippen molar-refractivity contribution in [3.63, 3.8) is 0 Å². The van der Waals surface area contributed by atoms with Crippen LogP contribution in [0, 0.1) is 16.0 Å². The second kappa shape index (κ2) is 6.39. The second-order valence-corrected chi connectivity index (χ2v) is 4.57. The van der Waals surface area contributed by atoms with Gasteiger partial charge in [0.2, 0.25) is 0 Å². The number of hydrogen-bond acceptors (Lipinski definition) is 4. The van der Waals surface area contributed by atoms with Gasteiger partial charge in [0.1, 0.15) is 4.92 Å². The first-order valence-electron chi connectivity index (χ1n) is 5.56. The molecule has 0 fully saturated rings. The first kappa shape index (κ1) is 14.5. The van der Waals surface area contributed by atoms with Crippen LogP contribution in [0.4, 0.5) is 5.88 Å². The number of nitro groups is 1. The van der Waals surface area contributed by atoms with Crippen LogP contribution in [0.15, 0.2) is 16.5 Å². The standard InChI is InChI=1S/C11H15ClN2O4/c1-7(2)8(5-6-12)13-11(15)9-3-4-10(18-9)14(16)17/h3-4,7-8H,5-6H2,1-2H3,(H,13,15). The molecule has 0 saturated heterocycles. The van der Waals surface area contributed by atoms with Gasteiger partial charge in [-0.3, -0.25) is 14.9 Å². The summed E-state index contributed by atoms with van der Waals surface area (Å²) in [4.78, 5) is 21.5. The van der Waals surface area contributed by atoms with Gasteiger partial charge in [0.25, 0.3) is 5.91 Å². The van der Waals surface area contributed by atoms with Crippen molar-refractivity contribution in [2.24, 2.45) is 5.92 Å². The molecular formula is C11H15ClN2O4. The molecule has 0 aliphatic carbocycles. The second-order valence-electron chi connectivity index (χ2n) is 4.20. The quantitative estimate of drug-likeness (QED) is 0.491. The number of furan rings is 1. The molecule has 0 radical (unpaired) electrons. The number of nitrogens with zero attached hydrogens (tertiary/aromatic N) is 1. The van der Waals surface area contributed by atoms with E-state index in [0.717, 1.165) is 6.07 Å². The van der Waals surface area contributed by atoms with Crippen molar-refractivity contribution < 1.29 is 14.1 Å². The third-order valence-electron chi connectivity index (χ3n) is 2.54. The van der Waals surface area contributed by atoms with Crippen molar-refractivity contribution in [3.8, 4) is 0 Å².